The van der Waals surface area contributed by atoms with Gasteiger partial charge in [0.15, 0.2) is 0 Å². The summed E-state index contributed by atoms with van der Waals surface area (Å²) in [5, 5.41) is 0. The molecule has 2 unspecified atom stereocenters. The Hall–Kier alpha value is -0.120. The Bertz CT molecular complexity index is 153. The summed E-state index contributed by atoms with van der Waals surface area (Å²) in [5.41, 5.74) is 2.95. The van der Waals surface area contributed by atoms with E-state index in [2.05, 4.69) is 5.43 Å². The van der Waals surface area contributed by atoms with Gasteiger partial charge in [-0.15, -0.1) is 0 Å². The fourth-order valence-electron chi connectivity index (χ4n) is 2.39. The van der Waals surface area contributed by atoms with E-state index in [1.165, 1.54) is 38.5 Å². The molecule has 0 aromatic rings. The largest absolute Gasteiger partial charge is 0.377 e. The van der Waals surface area contributed by atoms with Crippen molar-refractivity contribution in [3.8, 4) is 0 Å². The molecule has 1 aliphatic carbocycles. The maximum absolute atomic E-state index is 5.75. The van der Waals surface area contributed by atoms with Gasteiger partial charge in [-0.1, -0.05) is 6.42 Å². The highest BCUT2D eigenvalue weighted by molar-refractivity contribution is 4.88. The number of nitrogens with two attached hydrogens (primary N) is 1. The standard InChI is InChI=1S/C10H20N2O/c11-12-10(8-4-3-5-8)9-6-1-2-7-13-9/h8-10,12H,1-7,11H2. The molecule has 1 saturated carbocycles. The number of ether oxygens (including phenoxy) is 1. The Kier molecular flexibility index (Phi) is 3.19. The van der Waals surface area contributed by atoms with Crippen molar-refractivity contribution in [2.45, 2.75) is 50.7 Å². The van der Waals surface area contributed by atoms with Crippen LogP contribution in [0.3, 0.4) is 0 Å². The van der Waals surface area contributed by atoms with Crippen LogP contribution >= 0.6 is 0 Å². The number of hydrazine groups is 1. The molecule has 1 saturated heterocycles. The Morgan fingerprint density at radius 3 is 2.46 bits per heavy atom. The van der Waals surface area contributed by atoms with Crippen LogP contribution < -0.4 is 11.3 Å². The molecule has 0 aromatic heterocycles. The van der Waals surface area contributed by atoms with Gasteiger partial charge in [0, 0.05) is 6.61 Å². The summed E-state index contributed by atoms with van der Waals surface area (Å²) in [4.78, 5) is 0. The maximum Gasteiger partial charge on any atom is 0.0744 e. The molecule has 2 aliphatic rings. The lowest BCUT2D eigenvalue weighted by Gasteiger charge is -2.39. The number of nitrogens with one attached hydrogen (secondary N) is 1. The zero-order chi connectivity index (χ0) is 9.10. The summed E-state index contributed by atoms with van der Waals surface area (Å²) in [7, 11) is 0. The van der Waals surface area contributed by atoms with E-state index in [4.69, 9.17) is 10.6 Å². The van der Waals surface area contributed by atoms with E-state index in [-0.39, 0.29) is 0 Å². The van der Waals surface area contributed by atoms with E-state index >= 15 is 0 Å². The molecule has 0 spiro atoms. The Labute approximate surface area is 80.0 Å². The van der Waals surface area contributed by atoms with Gasteiger partial charge in [-0.2, -0.15) is 0 Å². The van der Waals surface area contributed by atoms with E-state index in [9.17, 15) is 0 Å². The van der Waals surface area contributed by atoms with Gasteiger partial charge in [0.05, 0.1) is 12.1 Å². The molecule has 0 amide bonds. The molecule has 3 N–H and O–H groups in total. The molecule has 0 radical (unpaired) electrons. The van der Waals surface area contributed by atoms with Crippen molar-refractivity contribution < 1.29 is 4.74 Å². The minimum absolute atomic E-state index is 0.379. The van der Waals surface area contributed by atoms with E-state index in [0.29, 0.717) is 12.1 Å². The van der Waals surface area contributed by atoms with E-state index in [1.807, 2.05) is 0 Å². The molecule has 3 nitrogen and oxygen atoms in total. The highest BCUT2D eigenvalue weighted by Crippen LogP contribution is 2.33. The van der Waals surface area contributed by atoms with Gasteiger partial charge in [-0.25, -0.2) is 0 Å². The molecule has 1 heterocycles. The van der Waals surface area contributed by atoms with Crippen LogP contribution in [-0.2, 0) is 4.74 Å². The van der Waals surface area contributed by atoms with E-state index in [0.717, 1.165) is 12.5 Å². The molecular formula is C10H20N2O. The third-order valence-corrected chi connectivity index (χ3v) is 3.47. The highest BCUT2D eigenvalue weighted by Gasteiger charge is 2.33. The summed E-state index contributed by atoms with van der Waals surface area (Å²) in [6.45, 7) is 0.926. The first-order chi connectivity index (χ1) is 6.42. The van der Waals surface area contributed by atoms with Crippen LogP contribution in [0.5, 0.6) is 0 Å². The van der Waals surface area contributed by atoms with Crippen LogP contribution in [0.4, 0.5) is 0 Å². The van der Waals surface area contributed by atoms with Gasteiger partial charge in [0.2, 0.25) is 0 Å². The van der Waals surface area contributed by atoms with Gasteiger partial charge in [-0.05, 0) is 38.0 Å². The van der Waals surface area contributed by atoms with Crippen molar-refractivity contribution in [2.75, 3.05) is 6.61 Å². The predicted molar refractivity (Wildman–Crippen MR) is 52.0 cm³/mol. The van der Waals surface area contributed by atoms with Crippen LogP contribution in [0.1, 0.15) is 38.5 Å². The SMILES string of the molecule is NNC(C1CCC1)C1CCCCO1. The zero-order valence-electron chi connectivity index (χ0n) is 8.17. The molecule has 0 aromatic carbocycles. The third-order valence-electron chi connectivity index (χ3n) is 3.47. The quantitative estimate of drug-likeness (QED) is 0.511. The van der Waals surface area contributed by atoms with Crippen LogP contribution in [0.25, 0.3) is 0 Å². The normalized spacial score (nSPS) is 32.5. The Morgan fingerprint density at radius 1 is 1.15 bits per heavy atom. The minimum atomic E-state index is 0.379. The second kappa shape index (κ2) is 4.40. The fourth-order valence-corrected chi connectivity index (χ4v) is 2.39. The lowest BCUT2D eigenvalue weighted by Crippen LogP contribution is -2.52. The molecule has 1 aliphatic heterocycles. The monoisotopic (exact) mass is 184 g/mol. The van der Waals surface area contributed by atoms with Crippen molar-refractivity contribution in [3.63, 3.8) is 0 Å². The van der Waals surface area contributed by atoms with E-state index < -0.39 is 0 Å². The maximum atomic E-state index is 5.75. The van der Waals surface area contributed by atoms with Crippen molar-refractivity contribution in [3.05, 3.63) is 0 Å². The first kappa shape index (κ1) is 9.44. The summed E-state index contributed by atoms with van der Waals surface area (Å²) >= 11 is 0. The highest BCUT2D eigenvalue weighted by atomic mass is 16.5. The Morgan fingerprint density at radius 2 is 2.00 bits per heavy atom. The summed E-state index contributed by atoms with van der Waals surface area (Å²) in [5.74, 6) is 6.36. The van der Waals surface area contributed by atoms with Crippen molar-refractivity contribution in [2.24, 2.45) is 11.8 Å². The average molecular weight is 184 g/mol. The summed E-state index contributed by atoms with van der Waals surface area (Å²) in [6.07, 6.45) is 8.11. The number of rotatable bonds is 3. The molecule has 3 heteroatoms. The molecule has 2 rings (SSSR count). The molecular weight excluding hydrogens is 164 g/mol. The third kappa shape index (κ3) is 2.03. The molecule has 0 bridgehead atoms. The average Bonchev–Trinajstić information content (AvgIpc) is 2.12. The van der Waals surface area contributed by atoms with Crippen LogP contribution in [0.2, 0.25) is 0 Å². The van der Waals surface area contributed by atoms with Crippen LogP contribution in [-0.4, -0.2) is 18.8 Å². The van der Waals surface area contributed by atoms with Gasteiger partial charge < -0.3 is 4.74 Å². The topological polar surface area (TPSA) is 47.3 Å². The Balaban J connectivity index is 1.86. The summed E-state index contributed by atoms with van der Waals surface area (Å²) in [6, 6.07) is 0.411. The first-order valence-electron chi connectivity index (χ1n) is 5.49. The molecule has 2 fully saturated rings. The first-order valence-corrected chi connectivity index (χ1v) is 5.49. The molecule has 2 atom stereocenters. The second-order valence-electron chi connectivity index (χ2n) is 4.29. The van der Waals surface area contributed by atoms with Crippen molar-refractivity contribution in [1.82, 2.24) is 5.43 Å². The lowest BCUT2D eigenvalue weighted by atomic mass is 9.77. The molecule has 13 heavy (non-hydrogen) atoms. The van der Waals surface area contributed by atoms with Gasteiger partial charge in [-0.3, -0.25) is 11.3 Å². The number of hydrogen-bond donors (Lipinski definition) is 2. The lowest BCUT2D eigenvalue weighted by molar-refractivity contribution is -0.0308. The summed E-state index contributed by atoms with van der Waals surface area (Å²) < 4.78 is 5.75. The van der Waals surface area contributed by atoms with Crippen LogP contribution in [0.15, 0.2) is 0 Å². The van der Waals surface area contributed by atoms with Crippen molar-refractivity contribution in [1.29, 1.82) is 0 Å². The molecule has 76 valence electrons. The van der Waals surface area contributed by atoms with Crippen LogP contribution in [0, 0.1) is 5.92 Å². The fraction of sp³-hybridized carbons (Fsp3) is 1.00. The number of hydrogen-bond acceptors (Lipinski definition) is 3. The van der Waals surface area contributed by atoms with Crippen molar-refractivity contribution >= 4 is 0 Å². The zero-order valence-corrected chi connectivity index (χ0v) is 8.17. The van der Waals surface area contributed by atoms with Gasteiger partial charge in [0.1, 0.15) is 0 Å². The smallest absolute Gasteiger partial charge is 0.0744 e. The minimum Gasteiger partial charge on any atom is -0.377 e. The van der Waals surface area contributed by atoms with Gasteiger partial charge in [0.25, 0.3) is 0 Å². The predicted octanol–water partition coefficient (Wildman–Crippen LogP) is 1.19. The second-order valence-corrected chi connectivity index (χ2v) is 4.29. The van der Waals surface area contributed by atoms with Gasteiger partial charge >= 0.3 is 0 Å². The van der Waals surface area contributed by atoms with E-state index in [1.54, 1.807) is 0 Å².